The van der Waals surface area contributed by atoms with E-state index < -0.39 is 0 Å². The van der Waals surface area contributed by atoms with E-state index in [9.17, 15) is 0 Å². The van der Waals surface area contributed by atoms with Crippen LogP contribution in [-0.2, 0) is 6.54 Å². The fourth-order valence-electron chi connectivity index (χ4n) is 1.39. The van der Waals surface area contributed by atoms with Crippen molar-refractivity contribution >= 4 is 5.82 Å². The van der Waals surface area contributed by atoms with E-state index in [1.54, 1.807) is 12.4 Å². The maximum atomic E-state index is 5.23. The summed E-state index contributed by atoms with van der Waals surface area (Å²) < 4.78 is 0. The highest BCUT2D eigenvalue weighted by Gasteiger charge is 2.20. The quantitative estimate of drug-likeness (QED) is 0.739. The molecule has 1 aliphatic carbocycles. The summed E-state index contributed by atoms with van der Waals surface area (Å²) in [6.07, 6.45) is 11.4. The number of hydrogen-bond acceptors (Lipinski definition) is 4. The molecule has 1 aliphatic rings. The Morgan fingerprint density at radius 1 is 1.50 bits per heavy atom. The highest BCUT2D eigenvalue weighted by Crippen LogP contribution is 2.19. The molecule has 1 aromatic rings. The first-order valence-electron chi connectivity index (χ1n) is 5.48. The first-order chi connectivity index (χ1) is 7.79. The topological polar surface area (TPSA) is 41.1 Å². The summed E-state index contributed by atoms with van der Waals surface area (Å²) >= 11 is 0. The molecule has 0 unspecified atom stereocenters. The monoisotopic (exact) mass is 216 g/mol. The van der Waals surface area contributed by atoms with Crippen LogP contribution in [0.15, 0.2) is 12.4 Å². The lowest BCUT2D eigenvalue weighted by Crippen LogP contribution is -2.20. The predicted octanol–water partition coefficient (Wildman–Crippen LogP) is 0.798. The van der Waals surface area contributed by atoms with Crippen LogP contribution in [0.5, 0.6) is 0 Å². The van der Waals surface area contributed by atoms with Crippen molar-refractivity contribution in [2.24, 2.45) is 0 Å². The van der Waals surface area contributed by atoms with Crippen LogP contribution < -0.4 is 10.2 Å². The molecule has 1 N–H and O–H groups in total. The first kappa shape index (κ1) is 10.9. The van der Waals surface area contributed by atoms with Crippen molar-refractivity contribution in [1.29, 1.82) is 0 Å². The van der Waals surface area contributed by atoms with E-state index in [4.69, 9.17) is 6.42 Å². The van der Waals surface area contributed by atoms with Gasteiger partial charge in [0.1, 0.15) is 5.82 Å². The summed E-state index contributed by atoms with van der Waals surface area (Å²) in [6.45, 7) is 1.35. The van der Waals surface area contributed by atoms with Crippen LogP contribution in [0.1, 0.15) is 18.5 Å². The Balaban J connectivity index is 1.90. The summed E-state index contributed by atoms with van der Waals surface area (Å²) in [5.41, 5.74) is 0.977. The third-order valence-electron chi connectivity index (χ3n) is 2.56. The van der Waals surface area contributed by atoms with Crippen LogP contribution in [0, 0.1) is 12.3 Å². The maximum Gasteiger partial charge on any atom is 0.147 e. The number of nitrogens with zero attached hydrogens (tertiary/aromatic N) is 3. The number of terminal acetylenes is 1. The van der Waals surface area contributed by atoms with Gasteiger partial charge in [-0.05, 0) is 12.8 Å². The zero-order valence-corrected chi connectivity index (χ0v) is 9.48. The Kier molecular flexibility index (Phi) is 3.37. The molecule has 0 aliphatic heterocycles. The van der Waals surface area contributed by atoms with Crippen LogP contribution in [-0.4, -0.2) is 29.6 Å². The molecule has 0 aromatic carbocycles. The summed E-state index contributed by atoms with van der Waals surface area (Å²) in [7, 11) is 1.91. The lowest BCUT2D eigenvalue weighted by atomic mass is 10.4. The van der Waals surface area contributed by atoms with Gasteiger partial charge in [-0.2, -0.15) is 0 Å². The van der Waals surface area contributed by atoms with Crippen LogP contribution in [0.4, 0.5) is 5.82 Å². The third-order valence-corrected chi connectivity index (χ3v) is 2.56. The van der Waals surface area contributed by atoms with Gasteiger partial charge in [0.15, 0.2) is 0 Å². The van der Waals surface area contributed by atoms with E-state index in [1.165, 1.54) is 12.8 Å². The summed E-state index contributed by atoms with van der Waals surface area (Å²) in [5, 5.41) is 3.40. The minimum absolute atomic E-state index is 0.550. The molecular formula is C12H16N4. The van der Waals surface area contributed by atoms with Gasteiger partial charge >= 0.3 is 0 Å². The van der Waals surface area contributed by atoms with Crippen molar-refractivity contribution in [3.05, 3.63) is 18.1 Å². The van der Waals surface area contributed by atoms with Crippen LogP contribution in [0.3, 0.4) is 0 Å². The van der Waals surface area contributed by atoms with Crippen LogP contribution in [0.2, 0.25) is 0 Å². The highest BCUT2D eigenvalue weighted by molar-refractivity contribution is 5.36. The average molecular weight is 216 g/mol. The predicted molar refractivity (Wildman–Crippen MR) is 64.0 cm³/mol. The van der Waals surface area contributed by atoms with Crippen molar-refractivity contribution in [1.82, 2.24) is 15.3 Å². The molecule has 1 aromatic heterocycles. The molecule has 0 spiro atoms. The minimum Gasteiger partial charge on any atom is -0.347 e. The standard InChI is InChI=1S/C12H16N4/c1-3-6-16(2)12-9-14-11(8-15-12)7-13-10-4-5-10/h1,8-10,13H,4-7H2,2H3. The van der Waals surface area contributed by atoms with Crippen LogP contribution in [0.25, 0.3) is 0 Å². The second-order valence-corrected chi connectivity index (χ2v) is 4.08. The Bertz CT molecular complexity index is 375. The Morgan fingerprint density at radius 2 is 2.31 bits per heavy atom. The van der Waals surface area contributed by atoms with Gasteiger partial charge in [-0.15, -0.1) is 6.42 Å². The SMILES string of the molecule is C#CCN(C)c1cnc(CNC2CC2)cn1. The number of rotatable bonds is 5. The lowest BCUT2D eigenvalue weighted by Gasteiger charge is -2.14. The molecule has 0 saturated heterocycles. The number of nitrogens with one attached hydrogen (secondary N) is 1. The van der Waals surface area contributed by atoms with Crippen molar-refractivity contribution in [2.45, 2.75) is 25.4 Å². The minimum atomic E-state index is 0.550. The zero-order chi connectivity index (χ0) is 11.4. The maximum absolute atomic E-state index is 5.23. The normalized spacial score (nSPS) is 14.5. The van der Waals surface area contributed by atoms with Crippen molar-refractivity contribution in [3.63, 3.8) is 0 Å². The molecule has 2 rings (SSSR count). The highest BCUT2D eigenvalue weighted by atomic mass is 15.2. The number of anilines is 1. The van der Waals surface area contributed by atoms with Crippen molar-refractivity contribution in [3.8, 4) is 12.3 Å². The van der Waals surface area contributed by atoms with E-state index >= 15 is 0 Å². The number of hydrogen-bond donors (Lipinski definition) is 1. The van der Waals surface area contributed by atoms with Gasteiger partial charge in [-0.1, -0.05) is 5.92 Å². The van der Waals surface area contributed by atoms with E-state index in [-0.39, 0.29) is 0 Å². The second-order valence-electron chi connectivity index (χ2n) is 4.08. The lowest BCUT2D eigenvalue weighted by molar-refractivity contribution is 0.671. The molecule has 16 heavy (non-hydrogen) atoms. The molecule has 4 heteroatoms. The van der Waals surface area contributed by atoms with E-state index in [1.807, 2.05) is 11.9 Å². The number of aromatic nitrogens is 2. The van der Waals surface area contributed by atoms with Gasteiger partial charge in [-0.3, -0.25) is 4.98 Å². The molecule has 84 valence electrons. The third kappa shape index (κ3) is 2.94. The van der Waals surface area contributed by atoms with Gasteiger partial charge in [0, 0.05) is 19.6 Å². The van der Waals surface area contributed by atoms with Gasteiger partial charge in [-0.25, -0.2) is 4.98 Å². The van der Waals surface area contributed by atoms with Gasteiger partial charge in [0.05, 0.1) is 24.6 Å². The van der Waals surface area contributed by atoms with Gasteiger partial charge in [0.2, 0.25) is 0 Å². The molecule has 0 radical (unpaired) electrons. The fourth-order valence-corrected chi connectivity index (χ4v) is 1.39. The average Bonchev–Trinajstić information content (AvgIpc) is 3.11. The molecule has 1 saturated carbocycles. The molecule has 4 nitrogen and oxygen atoms in total. The second kappa shape index (κ2) is 4.95. The summed E-state index contributed by atoms with van der Waals surface area (Å²) in [4.78, 5) is 10.6. The Morgan fingerprint density at radius 3 is 2.88 bits per heavy atom. The molecule has 1 fully saturated rings. The molecule has 0 amide bonds. The summed E-state index contributed by atoms with van der Waals surface area (Å²) in [6, 6.07) is 0.700. The zero-order valence-electron chi connectivity index (χ0n) is 9.48. The van der Waals surface area contributed by atoms with E-state index in [0.29, 0.717) is 12.6 Å². The van der Waals surface area contributed by atoms with Crippen molar-refractivity contribution < 1.29 is 0 Å². The Hall–Kier alpha value is -1.60. The van der Waals surface area contributed by atoms with Gasteiger partial charge < -0.3 is 10.2 Å². The first-order valence-corrected chi connectivity index (χ1v) is 5.48. The van der Waals surface area contributed by atoms with Gasteiger partial charge in [0.25, 0.3) is 0 Å². The largest absolute Gasteiger partial charge is 0.347 e. The van der Waals surface area contributed by atoms with Crippen molar-refractivity contribution in [2.75, 3.05) is 18.5 Å². The Labute approximate surface area is 96.1 Å². The fraction of sp³-hybridized carbons (Fsp3) is 0.500. The smallest absolute Gasteiger partial charge is 0.147 e. The molecular weight excluding hydrogens is 200 g/mol. The summed E-state index contributed by atoms with van der Waals surface area (Å²) in [5.74, 6) is 3.39. The molecule has 0 bridgehead atoms. The van der Waals surface area contributed by atoms with E-state index in [2.05, 4.69) is 21.2 Å². The molecule has 0 atom stereocenters. The van der Waals surface area contributed by atoms with E-state index in [0.717, 1.165) is 18.1 Å². The van der Waals surface area contributed by atoms with Crippen LogP contribution >= 0.6 is 0 Å². The molecule has 1 heterocycles.